The molecular weight excluding hydrogens is 178 g/mol. The van der Waals surface area contributed by atoms with Crippen LogP contribution >= 0.6 is 0 Å². The first-order valence-corrected chi connectivity index (χ1v) is 5.30. The molecule has 0 spiro atoms. The largest absolute Gasteiger partial charge is 0.394 e. The standard InChI is InChI=1S/C11H25NO2/c1-6-10(3,4)14-9(2)7-11(5,12)8-13/h9,13H,6-8,12H2,1-5H3. The Hall–Kier alpha value is -0.120. The smallest absolute Gasteiger partial charge is 0.0627 e. The Morgan fingerprint density at radius 1 is 1.36 bits per heavy atom. The Balaban J connectivity index is 4.04. The molecule has 0 aromatic rings. The third kappa shape index (κ3) is 5.58. The average Bonchev–Trinajstić information content (AvgIpc) is 2.02. The Morgan fingerprint density at radius 3 is 2.21 bits per heavy atom. The van der Waals surface area contributed by atoms with E-state index < -0.39 is 5.54 Å². The van der Waals surface area contributed by atoms with Crippen LogP contribution in [0.2, 0.25) is 0 Å². The topological polar surface area (TPSA) is 55.5 Å². The molecule has 0 fully saturated rings. The summed E-state index contributed by atoms with van der Waals surface area (Å²) in [6, 6.07) is 0. The normalized spacial score (nSPS) is 19.1. The summed E-state index contributed by atoms with van der Waals surface area (Å²) in [7, 11) is 0. The average molecular weight is 203 g/mol. The van der Waals surface area contributed by atoms with Crippen molar-refractivity contribution < 1.29 is 9.84 Å². The molecule has 0 radical (unpaired) electrons. The Bertz CT molecular complexity index is 149. The number of aliphatic hydroxyl groups excluding tert-OH is 1. The highest BCUT2D eigenvalue weighted by atomic mass is 16.5. The van der Waals surface area contributed by atoms with E-state index in [1.807, 2.05) is 13.8 Å². The predicted octanol–water partition coefficient (Wildman–Crippen LogP) is 1.68. The molecule has 0 saturated carbocycles. The van der Waals surface area contributed by atoms with E-state index in [-0.39, 0.29) is 18.3 Å². The summed E-state index contributed by atoms with van der Waals surface area (Å²) in [5.74, 6) is 0. The molecule has 86 valence electrons. The van der Waals surface area contributed by atoms with Crippen molar-refractivity contribution in [1.29, 1.82) is 0 Å². The van der Waals surface area contributed by atoms with Gasteiger partial charge in [-0.25, -0.2) is 0 Å². The van der Waals surface area contributed by atoms with Crippen molar-refractivity contribution in [2.24, 2.45) is 5.73 Å². The van der Waals surface area contributed by atoms with Crippen molar-refractivity contribution in [1.82, 2.24) is 0 Å². The Morgan fingerprint density at radius 2 is 1.86 bits per heavy atom. The summed E-state index contributed by atoms with van der Waals surface area (Å²) >= 11 is 0. The molecule has 0 amide bonds. The van der Waals surface area contributed by atoms with E-state index in [2.05, 4.69) is 20.8 Å². The van der Waals surface area contributed by atoms with Crippen LogP contribution in [0.25, 0.3) is 0 Å². The molecule has 2 unspecified atom stereocenters. The lowest BCUT2D eigenvalue weighted by molar-refractivity contribution is -0.0768. The highest BCUT2D eigenvalue weighted by Gasteiger charge is 2.25. The molecule has 3 heteroatoms. The van der Waals surface area contributed by atoms with Crippen LogP contribution in [-0.4, -0.2) is 29.0 Å². The van der Waals surface area contributed by atoms with Crippen molar-refractivity contribution in [2.45, 2.75) is 64.7 Å². The first-order chi connectivity index (χ1) is 6.22. The zero-order valence-electron chi connectivity index (χ0n) is 10.1. The number of aliphatic hydroxyl groups is 1. The third-order valence-electron chi connectivity index (χ3n) is 2.49. The molecule has 3 nitrogen and oxygen atoms in total. The molecule has 0 aliphatic heterocycles. The summed E-state index contributed by atoms with van der Waals surface area (Å²) in [5.41, 5.74) is 5.20. The maximum atomic E-state index is 9.02. The van der Waals surface area contributed by atoms with Gasteiger partial charge in [0.2, 0.25) is 0 Å². The third-order valence-corrected chi connectivity index (χ3v) is 2.49. The van der Waals surface area contributed by atoms with E-state index in [9.17, 15) is 0 Å². The lowest BCUT2D eigenvalue weighted by Gasteiger charge is -2.32. The van der Waals surface area contributed by atoms with Crippen LogP contribution in [0.3, 0.4) is 0 Å². The van der Waals surface area contributed by atoms with Crippen molar-refractivity contribution >= 4 is 0 Å². The summed E-state index contributed by atoms with van der Waals surface area (Å²) in [5, 5.41) is 9.02. The highest BCUT2D eigenvalue weighted by Crippen LogP contribution is 2.20. The number of hydrogen-bond donors (Lipinski definition) is 2. The molecule has 0 aliphatic rings. The number of hydrogen-bond acceptors (Lipinski definition) is 3. The van der Waals surface area contributed by atoms with Crippen molar-refractivity contribution in [3.05, 3.63) is 0 Å². The Labute approximate surface area is 87.6 Å². The maximum absolute atomic E-state index is 9.02. The van der Waals surface area contributed by atoms with E-state index in [4.69, 9.17) is 15.6 Å². The fourth-order valence-corrected chi connectivity index (χ4v) is 1.39. The fourth-order valence-electron chi connectivity index (χ4n) is 1.39. The highest BCUT2D eigenvalue weighted by molar-refractivity contribution is 4.81. The second-order valence-electron chi connectivity index (χ2n) is 5.06. The van der Waals surface area contributed by atoms with E-state index in [0.717, 1.165) is 6.42 Å². The Kier molecular flexibility index (Phi) is 5.06. The van der Waals surface area contributed by atoms with Gasteiger partial charge in [-0.2, -0.15) is 0 Å². The molecule has 0 heterocycles. The lowest BCUT2D eigenvalue weighted by Crippen LogP contribution is -2.44. The summed E-state index contributed by atoms with van der Waals surface area (Å²) in [6.07, 6.45) is 1.72. The molecule has 0 aliphatic carbocycles. The first-order valence-electron chi connectivity index (χ1n) is 5.30. The van der Waals surface area contributed by atoms with Crippen molar-refractivity contribution in [2.75, 3.05) is 6.61 Å². The van der Waals surface area contributed by atoms with Gasteiger partial charge in [-0.3, -0.25) is 0 Å². The molecule has 0 rings (SSSR count). The van der Waals surface area contributed by atoms with Crippen LogP contribution in [-0.2, 0) is 4.74 Å². The maximum Gasteiger partial charge on any atom is 0.0627 e. The monoisotopic (exact) mass is 203 g/mol. The van der Waals surface area contributed by atoms with Gasteiger partial charge in [-0.05, 0) is 40.5 Å². The second kappa shape index (κ2) is 5.10. The van der Waals surface area contributed by atoms with Crippen LogP contribution < -0.4 is 5.73 Å². The van der Waals surface area contributed by atoms with Gasteiger partial charge in [0.05, 0.1) is 18.3 Å². The van der Waals surface area contributed by atoms with E-state index >= 15 is 0 Å². The minimum atomic E-state index is -0.538. The van der Waals surface area contributed by atoms with E-state index in [1.165, 1.54) is 0 Å². The summed E-state index contributed by atoms with van der Waals surface area (Å²) in [6.45, 7) is 10.1. The van der Waals surface area contributed by atoms with Crippen LogP contribution in [0, 0.1) is 0 Å². The quantitative estimate of drug-likeness (QED) is 0.690. The van der Waals surface area contributed by atoms with E-state index in [1.54, 1.807) is 0 Å². The van der Waals surface area contributed by atoms with Gasteiger partial charge < -0.3 is 15.6 Å². The fraction of sp³-hybridized carbons (Fsp3) is 1.00. The van der Waals surface area contributed by atoms with Gasteiger partial charge in [-0.1, -0.05) is 6.92 Å². The molecule has 0 aromatic carbocycles. The van der Waals surface area contributed by atoms with Gasteiger partial charge >= 0.3 is 0 Å². The number of rotatable bonds is 6. The van der Waals surface area contributed by atoms with Gasteiger partial charge in [0.15, 0.2) is 0 Å². The zero-order valence-corrected chi connectivity index (χ0v) is 10.1. The molecule has 14 heavy (non-hydrogen) atoms. The molecule has 0 aromatic heterocycles. The van der Waals surface area contributed by atoms with Gasteiger partial charge in [-0.15, -0.1) is 0 Å². The van der Waals surface area contributed by atoms with E-state index in [0.29, 0.717) is 6.42 Å². The molecular formula is C11H25NO2. The lowest BCUT2D eigenvalue weighted by atomic mass is 9.96. The molecule has 0 saturated heterocycles. The minimum absolute atomic E-state index is 0.00669. The molecule has 0 bridgehead atoms. The van der Waals surface area contributed by atoms with Crippen molar-refractivity contribution in [3.8, 4) is 0 Å². The van der Waals surface area contributed by atoms with Crippen molar-refractivity contribution in [3.63, 3.8) is 0 Å². The van der Waals surface area contributed by atoms with Gasteiger partial charge in [0.25, 0.3) is 0 Å². The SMILES string of the molecule is CCC(C)(C)OC(C)CC(C)(N)CO. The van der Waals surface area contributed by atoms with Gasteiger partial charge in [0, 0.05) is 5.54 Å². The predicted molar refractivity (Wildman–Crippen MR) is 59.2 cm³/mol. The summed E-state index contributed by atoms with van der Waals surface area (Å²) in [4.78, 5) is 0. The number of ether oxygens (including phenoxy) is 1. The van der Waals surface area contributed by atoms with Crippen LogP contribution in [0.4, 0.5) is 0 Å². The second-order valence-corrected chi connectivity index (χ2v) is 5.06. The number of nitrogens with two attached hydrogens (primary N) is 1. The zero-order chi connectivity index (χ0) is 11.4. The van der Waals surface area contributed by atoms with Crippen LogP contribution in [0.5, 0.6) is 0 Å². The minimum Gasteiger partial charge on any atom is -0.394 e. The molecule has 2 atom stereocenters. The first kappa shape index (κ1) is 13.9. The summed E-state index contributed by atoms with van der Waals surface area (Å²) < 4.78 is 5.83. The molecule has 3 N–H and O–H groups in total. The van der Waals surface area contributed by atoms with Crippen LogP contribution in [0.15, 0.2) is 0 Å². The van der Waals surface area contributed by atoms with Gasteiger partial charge in [0.1, 0.15) is 0 Å². The van der Waals surface area contributed by atoms with Crippen LogP contribution in [0.1, 0.15) is 47.5 Å².